The Bertz CT molecular complexity index is 417. The van der Waals surface area contributed by atoms with Gasteiger partial charge in [-0.3, -0.25) is 0 Å². The number of hydrogen-bond acceptors (Lipinski definition) is 4. The third kappa shape index (κ3) is 2.79. The number of aromatic nitrogens is 1. The third-order valence-corrected chi connectivity index (χ3v) is 6.17. The molecule has 106 valence electrons. The third-order valence-electron chi connectivity index (χ3n) is 4.93. The van der Waals surface area contributed by atoms with Crippen LogP contribution in [0.1, 0.15) is 49.9 Å². The lowest BCUT2D eigenvalue weighted by Crippen LogP contribution is -2.41. The van der Waals surface area contributed by atoms with Crippen LogP contribution in [0, 0.1) is 11.8 Å². The predicted octanol–water partition coefficient (Wildman–Crippen LogP) is 3.44. The minimum atomic E-state index is 0.415. The van der Waals surface area contributed by atoms with Gasteiger partial charge < -0.3 is 10.2 Å². The van der Waals surface area contributed by atoms with E-state index >= 15 is 0 Å². The van der Waals surface area contributed by atoms with Crippen molar-refractivity contribution in [3.05, 3.63) is 11.1 Å². The second-order valence-corrected chi connectivity index (χ2v) is 7.14. The van der Waals surface area contributed by atoms with Crippen molar-refractivity contribution in [2.75, 3.05) is 25.0 Å². The Morgan fingerprint density at radius 1 is 1.32 bits per heavy atom. The van der Waals surface area contributed by atoms with Crippen LogP contribution in [0.25, 0.3) is 0 Å². The van der Waals surface area contributed by atoms with E-state index in [9.17, 15) is 0 Å². The summed E-state index contributed by atoms with van der Waals surface area (Å²) in [4.78, 5) is 8.53. The van der Waals surface area contributed by atoms with Crippen LogP contribution in [0.2, 0.25) is 0 Å². The molecule has 0 amide bonds. The monoisotopic (exact) mass is 279 g/mol. The molecule has 0 radical (unpaired) electrons. The predicted molar refractivity (Wildman–Crippen MR) is 81.9 cm³/mol. The number of anilines is 1. The summed E-state index contributed by atoms with van der Waals surface area (Å²) in [6.45, 7) is 4.65. The van der Waals surface area contributed by atoms with Gasteiger partial charge in [0.1, 0.15) is 0 Å². The standard InChI is InChI=1S/C15H25N3S/c1-11(16-2)14-9-17-15(19-14)18-8-7-12-5-3-4-6-13(12)10-18/h9,11-13,16H,3-8,10H2,1-2H3. The Morgan fingerprint density at radius 2 is 2.11 bits per heavy atom. The summed E-state index contributed by atoms with van der Waals surface area (Å²) in [5, 5.41) is 4.53. The lowest BCUT2D eigenvalue weighted by molar-refractivity contribution is 0.202. The molecule has 1 aromatic rings. The Morgan fingerprint density at radius 3 is 2.89 bits per heavy atom. The van der Waals surface area contributed by atoms with Gasteiger partial charge in [-0.25, -0.2) is 4.98 Å². The lowest BCUT2D eigenvalue weighted by Gasteiger charge is -2.41. The molecule has 2 aliphatic rings. The summed E-state index contributed by atoms with van der Waals surface area (Å²) in [6.07, 6.45) is 9.23. The van der Waals surface area contributed by atoms with Crippen molar-refractivity contribution in [2.45, 2.75) is 45.1 Å². The zero-order valence-electron chi connectivity index (χ0n) is 12.1. The van der Waals surface area contributed by atoms with E-state index < -0.39 is 0 Å². The van der Waals surface area contributed by atoms with Gasteiger partial charge in [-0.1, -0.05) is 19.3 Å². The summed E-state index contributed by atoms with van der Waals surface area (Å²) in [6, 6.07) is 0.415. The van der Waals surface area contributed by atoms with Crippen molar-refractivity contribution in [3.63, 3.8) is 0 Å². The first-order chi connectivity index (χ1) is 9.28. The minimum absolute atomic E-state index is 0.415. The molecule has 1 aromatic heterocycles. The van der Waals surface area contributed by atoms with Crippen LogP contribution < -0.4 is 10.2 Å². The molecule has 19 heavy (non-hydrogen) atoms. The Balaban J connectivity index is 1.67. The molecule has 4 heteroatoms. The number of nitrogens with zero attached hydrogens (tertiary/aromatic N) is 2. The average molecular weight is 279 g/mol. The highest BCUT2D eigenvalue weighted by atomic mass is 32.1. The van der Waals surface area contributed by atoms with E-state index in [1.54, 1.807) is 0 Å². The van der Waals surface area contributed by atoms with Gasteiger partial charge >= 0.3 is 0 Å². The van der Waals surface area contributed by atoms with Gasteiger partial charge in [0.05, 0.1) is 0 Å². The fourth-order valence-electron chi connectivity index (χ4n) is 3.54. The molecule has 0 aromatic carbocycles. The summed E-state index contributed by atoms with van der Waals surface area (Å²) >= 11 is 1.86. The van der Waals surface area contributed by atoms with Crippen molar-refractivity contribution >= 4 is 16.5 Å². The van der Waals surface area contributed by atoms with Gasteiger partial charge in [-0.05, 0) is 38.6 Å². The molecule has 0 bridgehead atoms. The molecule has 0 spiro atoms. The number of piperidine rings is 1. The van der Waals surface area contributed by atoms with Gasteiger partial charge in [0.25, 0.3) is 0 Å². The maximum atomic E-state index is 4.65. The molecule has 3 unspecified atom stereocenters. The van der Waals surface area contributed by atoms with Crippen LogP contribution in [-0.2, 0) is 0 Å². The maximum absolute atomic E-state index is 4.65. The first-order valence-electron chi connectivity index (χ1n) is 7.66. The van der Waals surface area contributed by atoms with Crippen molar-refractivity contribution in [1.82, 2.24) is 10.3 Å². The zero-order chi connectivity index (χ0) is 13.2. The minimum Gasteiger partial charge on any atom is -0.348 e. The van der Waals surface area contributed by atoms with Gasteiger partial charge in [0, 0.05) is 30.2 Å². The Hall–Kier alpha value is -0.610. The largest absolute Gasteiger partial charge is 0.348 e. The van der Waals surface area contributed by atoms with Crippen molar-refractivity contribution in [2.24, 2.45) is 11.8 Å². The number of hydrogen-bond donors (Lipinski definition) is 1. The second-order valence-electron chi connectivity index (χ2n) is 6.09. The molecule has 1 aliphatic carbocycles. The number of nitrogens with one attached hydrogen (secondary N) is 1. The van der Waals surface area contributed by atoms with E-state index in [-0.39, 0.29) is 0 Å². The van der Waals surface area contributed by atoms with Crippen molar-refractivity contribution < 1.29 is 0 Å². The fourth-order valence-corrected chi connectivity index (χ4v) is 4.55. The first kappa shape index (κ1) is 13.4. The van der Waals surface area contributed by atoms with Crippen LogP contribution in [-0.4, -0.2) is 25.1 Å². The highest BCUT2D eigenvalue weighted by Crippen LogP contribution is 2.38. The maximum Gasteiger partial charge on any atom is 0.185 e. The molecule has 1 aliphatic heterocycles. The molecule has 1 saturated heterocycles. The summed E-state index contributed by atoms with van der Waals surface area (Å²) in [7, 11) is 2.01. The van der Waals surface area contributed by atoms with E-state index in [1.165, 1.54) is 55.2 Å². The summed E-state index contributed by atoms with van der Waals surface area (Å²) < 4.78 is 0. The molecule has 2 fully saturated rings. The molecule has 3 atom stereocenters. The van der Waals surface area contributed by atoms with Gasteiger partial charge in [0.2, 0.25) is 0 Å². The first-order valence-corrected chi connectivity index (χ1v) is 8.47. The van der Waals surface area contributed by atoms with Crippen LogP contribution >= 0.6 is 11.3 Å². The summed E-state index contributed by atoms with van der Waals surface area (Å²) in [5.41, 5.74) is 0. The van der Waals surface area contributed by atoms with E-state index in [2.05, 4.69) is 22.1 Å². The number of fused-ring (bicyclic) bond motifs is 1. The van der Waals surface area contributed by atoms with E-state index in [4.69, 9.17) is 0 Å². The zero-order valence-corrected chi connectivity index (χ0v) is 12.9. The number of rotatable bonds is 3. The highest BCUT2D eigenvalue weighted by Gasteiger charge is 2.32. The average Bonchev–Trinajstić information content (AvgIpc) is 2.95. The summed E-state index contributed by atoms with van der Waals surface area (Å²) in [5.74, 6) is 1.93. The van der Waals surface area contributed by atoms with E-state index in [0.717, 1.165) is 11.8 Å². The molecule has 3 rings (SSSR count). The van der Waals surface area contributed by atoms with Crippen molar-refractivity contribution in [1.29, 1.82) is 0 Å². The molecule has 3 nitrogen and oxygen atoms in total. The topological polar surface area (TPSA) is 28.2 Å². The Kier molecular flexibility index (Phi) is 4.08. The van der Waals surface area contributed by atoms with Crippen LogP contribution in [0.15, 0.2) is 6.20 Å². The fraction of sp³-hybridized carbons (Fsp3) is 0.800. The number of thiazole rings is 1. The van der Waals surface area contributed by atoms with Crippen LogP contribution in [0.3, 0.4) is 0 Å². The molecular formula is C15H25N3S. The van der Waals surface area contributed by atoms with Gasteiger partial charge in [-0.15, -0.1) is 11.3 Å². The van der Waals surface area contributed by atoms with Crippen LogP contribution in [0.4, 0.5) is 5.13 Å². The quantitative estimate of drug-likeness (QED) is 0.918. The molecule has 1 N–H and O–H groups in total. The smallest absolute Gasteiger partial charge is 0.185 e. The molecular weight excluding hydrogens is 254 g/mol. The van der Waals surface area contributed by atoms with Crippen molar-refractivity contribution in [3.8, 4) is 0 Å². The SMILES string of the molecule is CNC(C)c1cnc(N2CCC3CCCCC3C2)s1. The van der Waals surface area contributed by atoms with E-state index in [0.29, 0.717) is 6.04 Å². The highest BCUT2D eigenvalue weighted by molar-refractivity contribution is 7.15. The lowest BCUT2D eigenvalue weighted by atomic mass is 9.75. The van der Waals surface area contributed by atoms with E-state index in [1.807, 2.05) is 24.6 Å². The van der Waals surface area contributed by atoms with Gasteiger partial charge in [-0.2, -0.15) is 0 Å². The van der Waals surface area contributed by atoms with Crippen LogP contribution in [0.5, 0.6) is 0 Å². The molecule has 1 saturated carbocycles. The normalized spacial score (nSPS) is 29.1. The van der Waals surface area contributed by atoms with Gasteiger partial charge in [0.15, 0.2) is 5.13 Å². The second kappa shape index (κ2) is 5.80. The molecule has 2 heterocycles. The Labute approximate surface area is 120 Å².